The van der Waals surface area contributed by atoms with E-state index in [2.05, 4.69) is 0 Å². The van der Waals surface area contributed by atoms with Crippen LogP contribution in [0.5, 0.6) is 0 Å². The SMILES string of the molecule is CSCC(C)N(C)S(=O)(=O)c1cc(Cl)cc(Cl)c1. The van der Waals surface area contributed by atoms with Crippen molar-refractivity contribution in [3.63, 3.8) is 0 Å². The van der Waals surface area contributed by atoms with Crippen molar-refractivity contribution in [2.24, 2.45) is 0 Å². The smallest absolute Gasteiger partial charge is 0.207 e. The summed E-state index contributed by atoms with van der Waals surface area (Å²) in [5.41, 5.74) is 0. The Morgan fingerprint density at radius 3 is 2.22 bits per heavy atom. The quantitative estimate of drug-likeness (QED) is 0.832. The first kappa shape index (κ1) is 16.1. The minimum absolute atomic E-state index is 0.0947. The van der Waals surface area contributed by atoms with Gasteiger partial charge in [-0.25, -0.2) is 8.42 Å². The Morgan fingerprint density at radius 2 is 1.78 bits per heavy atom. The van der Waals surface area contributed by atoms with Gasteiger partial charge in [0.05, 0.1) is 4.90 Å². The van der Waals surface area contributed by atoms with Gasteiger partial charge in [-0.05, 0) is 31.4 Å². The van der Waals surface area contributed by atoms with E-state index in [1.54, 1.807) is 18.8 Å². The molecule has 0 radical (unpaired) electrons. The minimum atomic E-state index is -3.55. The second-order valence-electron chi connectivity index (χ2n) is 3.93. The van der Waals surface area contributed by atoms with Gasteiger partial charge in [0.1, 0.15) is 0 Å². The van der Waals surface area contributed by atoms with Crippen LogP contribution in [-0.2, 0) is 10.0 Å². The summed E-state index contributed by atoms with van der Waals surface area (Å²) in [4.78, 5) is 0.121. The Kier molecular flexibility index (Phi) is 5.80. The first-order valence-electron chi connectivity index (χ1n) is 5.22. The number of hydrogen-bond acceptors (Lipinski definition) is 3. The third-order valence-corrected chi connectivity index (χ3v) is 5.74. The molecule has 1 unspecified atom stereocenters. The summed E-state index contributed by atoms with van der Waals surface area (Å²) in [5, 5.41) is 0.624. The van der Waals surface area contributed by atoms with Crippen LogP contribution in [0.3, 0.4) is 0 Å². The fourth-order valence-electron chi connectivity index (χ4n) is 1.43. The standard InChI is InChI=1S/C11H15Cl2NO2S2/c1-8(7-17-3)14(2)18(15,16)11-5-9(12)4-10(13)6-11/h4-6,8H,7H2,1-3H3. The van der Waals surface area contributed by atoms with Gasteiger partial charge in [0, 0.05) is 28.9 Å². The molecule has 1 aromatic rings. The summed E-state index contributed by atoms with van der Waals surface area (Å²) in [7, 11) is -1.99. The molecule has 0 heterocycles. The highest BCUT2D eigenvalue weighted by Crippen LogP contribution is 2.25. The van der Waals surface area contributed by atoms with Crippen LogP contribution < -0.4 is 0 Å². The molecule has 0 aliphatic rings. The van der Waals surface area contributed by atoms with Gasteiger partial charge in [-0.3, -0.25) is 0 Å². The molecule has 0 aliphatic heterocycles. The number of benzene rings is 1. The average Bonchev–Trinajstić information content (AvgIpc) is 2.27. The van der Waals surface area contributed by atoms with Crippen LogP contribution in [0.1, 0.15) is 6.92 Å². The van der Waals surface area contributed by atoms with E-state index < -0.39 is 10.0 Å². The van der Waals surface area contributed by atoms with E-state index in [0.29, 0.717) is 10.0 Å². The number of nitrogens with zero attached hydrogens (tertiary/aromatic N) is 1. The highest BCUT2D eigenvalue weighted by Gasteiger charge is 2.25. The second-order valence-corrected chi connectivity index (χ2v) is 7.71. The summed E-state index contributed by atoms with van der Waals surface area (Å²) < 4.78 is 26.0. The van der Waals surface area contributed by atoms with Gasteiger partial charge in [-0.15, -0.1) is 0 Å². The van der Waals surface area contributed by atoms with Crippen LogP contribution in [0, 0.1) is 0 Å². The molecule has 0 bridgehead atoms. The van der Waals surface area contributed by atoms with Crippen molar-refractivity contribution >= 4 is 45.0 Å². The zero-order chi connectivity index (χ0) is 13.9. The molecule has 18 heavy (non-hydrogen) atoms. The van der Waals surface area contributed by atoms with Gasteiger partial charge in [-0.1, -0.05) is 23.2 Å². The van der Waals surface area contributed by atoms with E-state index in [1.165, 1.54) is 22.5 Å². The molecule has 1 rings (SSSR count). The molecule has 0 spiro atoms. The lowest BCUT2D eigenvalue weighted by Gasteiger charge is -2.23. The Morgan fingerprint density at radius 1 is 1.28 bits per heavy atom. The van der Waals surface area contributed by atoms with Crippen LogP contribution in [0.4, 0.5) is 0 Å². The maximum Gasteiger partial charge on any atom is 0.243 e. The van der Waals surface area contributed by atoms with Crippen molar-refractivity contribution < 1.29 is 8.42 Å². The Balaban J connectivity index is 3.13. The molecule has 0 N–H and O–H groups in total. The van der Waals surface area contributed by atoms with Crippen molar-refractivity contribution in [2.45, 2.75) is 17.9 Å². The van der Waals surface area contributed by atoms with E-state index in [1.807, 2.05) is 13.2 Å². The topological polar surface area (TPSA) is 37.4 Å². The predicted octanol–water partition coefficient (Wildman–Crippen LogP) is 3.37. The summed E-state index contributed by atoms with van der Waals surface area (Å²) >= 11 is 13.3. The normalized spacial score (nSPS) is 13.9. The van der Waals surface area contributed by atoms with Gasteiger partial charge in [0.25, 0.3) is 0 Å². The molecule has 7 heteroatoms. The molecule has 0 amide bonds. The van der Waals surface area contributed by atoms with Crippen LogP contribution >= 0.6 is 35.0 Å². The molecule has 0 aromatic heterocycles. The highest BCUT2D eigenvalue weighted by atomic mass is 35.5. The maximum absolute atomic E-state index is 12.4. The van der Waals surface area contributed by atoms with E-state index in [9.17, 15) is 8.42 Å². The Hall–Kier alpha value is 0.0600. The van der Waals surface area contributed by atoms with Gasteiger partial charge in [-0.2, -0.15) is 16.1 Å². The number of halogens is 2. The van der Waals surface area contributed by atoms with Crippen molar-refractivity contribution in [1.82, 2.24) is 4.31 Å². The van der Waals surface area contributed by atoms with E-state index in [0.717, 1.165) is 5.75 Å². The molecule has 3 nitrogen and oxygen atoms in total. The summed E-state index contributed by atoms with van der Waals surface area (Å²) in [6.45, 7) is 1.86. The zero-order valence-electron chi connectivity index (χ0n) is 10.4. The molecule has 0 saturated heterocycles. The molecule has 0 fully saturated rings. The summed E-state index contributed by atoms with van der Waals surface area (Å²) in [6, 6.07) is 4.23. The third kappa shape index (κ3) is 3.78. The Bertz CT molecular complexity index is 500. The fraction of sp³-hybridized carbons (Fsp3) is 0.455. The monoisotopic (exact) mass is 327 g/mol. The number of hydrogen-bond donors (Lipinski definition) is 0. The van der Waals surface area contributed by atoms with Crippen LogP contribution in [0.15, 0.2) is 23.1 Å². The molecule has 102 valence electrons. The van der Waals surface area contributed by atoms with Gasteiger partial charge in [0.15, 0.2) is 0 Å². The molecule has 1 atom stereocenters. The molecular formula is C11H15Cl2NO2S2. The third-order valence-electron chi connectivity index (χ3n) is 2.54. The zero-order valence-corrected chi connectivity index (χ0v) is 13.5. The number of thioether (sulfide) groups is 1. The maximum atomic E-state index is 12.4. The lowest BCUT2D eigenvalue weighted by molar-refractivity contribution is 0.415. The van der Waals surface area contributed by atoms with Crippen molar-refractivity contribution in [1.29, 1.82) is 0 Å². The van der Waals surface area contributed by atoms with Crippen molar-refractivity contribution in [2.75, 3.05) is 19.1 Å². The molecule has 0 saturated carbocycles. The molecular weight excluding hydrogens is 313 g/mol. The first-order valence-corrected chi connectivity index (χ1v) is 8.81. The van der Waals surface area contributed by atoms with E-state index in [4.69, 9.17) is 23.2 Å². The largest absolute Gasteiger partial charge is 0.243 e. The highest BCUT2D eigenvalue weighted by molar-refractivity contribution is 7.98. The van der Waals surface area contributed by atoms with Gasteiger partial charge in [0.2, 0.25) is 10.0 Å². The number of sulfonamides is 1. The summed E-state index contributed by atoms with van der Waals surface area (Å²) in [5.74, 6) is 0.726. The second kappa shape index (κ2) is 6.48. The van der Waals surface area contributed by atoms with Crippen LogP contribution in [0.2, 0.25) is 10.0 Å². The van der Waals surface area contributed by atoms with Crippen molar-refractivity contribution in [3.8, 4) is 0 Å². The summed E-state index contributed by atoms with van der Waals surface area (Å²) in [6.07, 6.45) is 1.94. The van der Waals surface area contributed by atoms with E-state index >= 15 is 0 Å². The van der Waals surface area contributed by atoms with Crippen molar-refractivity contribution in [3.05, 3.63) is 28.2 Å². The molecule has 0 aliphatic carbocycles. The lowest BCUT2D eigenvalue weighted by Crippen LogP contribution is -2.36. The molecule has 1 aromatic carbocycles. The average molecular weight is 328 g/mol. The number of rotatable bonds is 5. The van der Waals surface area contributed by atoms with Crippen LogP contribution in [0.25, 0.3) is 0 Å². The van der Waals surface area contributed by atoms with Gasteiger partial charge < -0.3 is 0 Å². The Labute approximate surface area is 123 Å². The first-order chi connectivity index (χ1) is 8.28. The fourth-order valence-corrected chi connectivity index (χ4v) is 4.32. The predicted molar refractivity (Wildman–Crippen MR) is 79.3 cm³/mol. The minimum Gasteiger partial charge on any atom is -0.207 e. The van der Waals surface area contributed by atoms with Crippen LogP contribution in [-0.4, -0.2) is 37.8 Å². The lowest BCUT2D eigenvalue weighted by atomic mass is 10.4. The van der Waals surface area contributed by atoms with Gasteiger partial charge >= 0.3 is 0 Å². The van der Waals surface area contributed by atoms with E-state index in [-0.39, 0.29) is 10.9 Å².